The summed E-state index contributed by atoms with van der Waals surface area (Å²) >= 11 is 0. The van der Waals surface area contributed by atoms with Crippen LogP contribution in [0.3, 0.4) is 0 Å². The van der Waals surface area contributed by atoms with E-state index in [9.17, 15) is 18.0 Å². The van der Waals surface area contributed by atoms with Crippen LogP contribution in [0.15, 0.2) is 30.9 Å². The van der Waals surface area contributed by atoms with Gasteiger partial charge in [-0.25, -0.2) is 0 Å². The third-order valence-electron chi connectivity index (χ3n) is 4.25. The monoisotopic (exact) mass is 338 g/mol. The standard InChI is InChI=1S/C16H17F3N4O/c1-11-4-5-14(23-9-20-21-10-23)13(7-11)15(24)22-6-2-3-12(8-22)16(17,18)19/h4-5,7,9-10,12H,2-3,6,8H2,1H3. The van der Waals surface area contributed by atoms with Crippen LogP contribution >= 0.6 is 0 Å². The number of rotatable bonds is 2. The Kier molecular flexibility index (Phi) is 4.29. The maximum absolute atomic E-state index is 13.0. The molecule has 1 aliphatic heterocycles. The first-order valence-corrected chi connectivity index (χ1v) is 7.68. The zero-order chi connectivity index (χ0) is 17.3. The zero-order valence-corrected chi connectivity index (χ0v) is 13.1. The summed E-state index contributed by atoms with van der Waals surface area (Å²) in [5.74, 6) is -1.85. The van der Waals surface area contributed by atoms with E-state index in [-0.39, 0.29) is 13.0 Å². The maximum atomic E-state index is 13.0. The molecule has 1 amide bonds. The van der Waals surface area contributed by atoms with Gasteiger partial charge in [-0.3, -0.25) is 9.36 Å². The summed E-state index contributed by atoms with van der Waals surface area (Å²) in [6.07, 6.45) is -0.946. The van der Waals surface area contributed by atoms with Crippen molar-refractivity contribution >= 4 is 5.91 Å². The second-order valence-electron chi connectivity index (χ2n) is 6.02. The molecular formula is C16H17F3N4O. The van der Waals surface area contributed by atoms with Crippen LogP contribution in [0, 0.1) is 12.8 Å². The molecule has 0 N–H and O–H groups in total. The lowest BCUT2D eigenvalue weighted by Gasteiger charge is -2.34. The van der Waals surface area contributed by atoms with Gasteiger partial charge in [-0.05, 0) is 31.9 Å². The van der Waals surface area contributed by atoms with Gasteiger partial charge in [0.1, 0.15) is 12.7 Å². The van der Waals surface area contributed by atoms with Crippen molar-refractivity contribution in [3.8, 4) is 5.69 Å². The number of carbonyl (C=O) groups is 1. The number of aromatic nitrogens is 3. The lowest BCUT2D eigenvalue weighted by molar-refractivity contribution is -0.184. The highest BCUT2D eigenvalue weighted by atomic mass is 19.4. The van der Waals surface area contributed by atoms with Crippen molar-refractivity contribution in [1.29, 1.82) is 0 Å². The van der Waals surface area contributed by atoms with Crippen molar-refractivity contribution in [2.75, 3.05) is 13.1 Å². The van der Waals surface area contributed by atoms with Gasteiger partial charge in [0.2, 0.25) is 0 Å². The van der Waals surface area contributed by atoms with Crippen LogP contribution in [0.5, 0.6) is 0 Å². The number of amides is 1. The number of nitrogens with zero attached hydrogens (tertiary/aromatic N) is 4. The second kappa shape index (κ2) is 6.26. The number of hydrogen-bond donors (Lipinski definition) is 0. The summed E-state index contributed by atoms with van der Waals surface area (Å²) in [6.45, 7) is 1.88. The number of piperidine rings is 1. The Labute approximate surface area is 137 Å². The Morgan fingerprint density at radius 3 is 2.62 bits per heavy atom. The van der Waals surface area contributed by atoms with E-state index in [2.05, 4.69) is 10.2 Å². The Morgan fingerprint density at radius 1 is 1.25 bits per heavy atom. The van der Waals surface area contributed by atoms with Gasteiger partial charge in [0, 0.05) is 13.1 Å². The van der Waals surface area contributed by atoms with E-state index in [0.717, 1.165) is 5.56 Å². The first-order chi connectivity index (χ1) is 11.4. The van der Waals surface area contributed by atoms with E-state index >= 15 is 0 Å². The van der Waals surface area contributed by atoms with Crippen LogP contribution in [-0.4, -0.2) is 44.8 Å². The van der Waals surface area contributed by atoms with Crippen molar-refractivity contribution in [3.05, 3.63) is 42.0 Å². The molecule has 1 aromatic carbocycles. The van der Waals surface area contributed by atoms with Crippen molar-refractivity contribution < 1.29 is 18.0 Å². The highest BCUT2D eigenvalue weighted by Gasteiger charge is 2.43. The summed E-state index contributed by atoms with van der Waals surface area (Å²) in [5.41, 5.74) is 1.78. The van der Waals surface area contributed by atoms with E-state index in [4.69, 9.17) is 0 Å². The molecule has 0 aliphatic carbocycles. The molecule has 1 unspecified atom stereocenters. The van der Waals surface area contributed by atoms with Gasteiger partial charge in [0.25, 0.3) is 5.91 Å². The topological polar surface area (TPSA) is 51.0 Å². The number of alkyl halides is 3. The van der Waals surface area contributed by atoms with Gasteiger partial charge >= 0.3 is 6.18 Å². The number of likely N-dealkylation sites (tertiary alicyclic amines) is 1. The Morgan fingerprint density at radius 2 is 1.96 bits per heavy atom. The molecule has 8 heteroatoms. The average molecular weight is 338 g/mol. The fourth-order valence-corrected chi connectivity index (χ4v) is 2.97. The van der Waals surface area contributed by atoms with E-state index in [1.54, 1.807) is 16.7 Å². The van der Waals surface area contributed by atoms with Crippen LogP contribution < -0.4 is 0 Å². The third-order valence-corrected chi connectivity index (χ3v) is 4.25. The predicted molar refractivity (Wildman–Crippen MR) is 80.8 cm³/mol. The maximum Gasteiger partial charge on any atom is 0.393 e. The SMILES string of the molecule is Cc1ccc(-n2cnnc2)c(C(=O)N2CCCC(C(F)(F)F)C2)c1. The van der Waals surface area contributed by atoms with Crippen LogP contribution in [0.2, 0.25) is 0 Å². The molecule has 1 saturated heterocycles. The predicted octanol–water partition coefficient (Wildman–Crippen LogP) is 2.99. The molecule has 128 valence electrons. The molecule has 1 atom stereocenters. The van der Waals surface area contributed by atoms with E-state index in [0.29, 0.717) is 24.2 Å². The molecule has 0 radical (unpaired) electrons. The van der Waals surface area contributed by atoms with Crippen LogP contribution in [0.1, 0.15) is 28.8 Å². The van der Waals surface area contributed by atoms with Gasteiger partial charge in [-0.2, -0.15) is 13.2 Å². The highest BCUT2D eigenvalue weighted by Crippen LogP contribution is 2.34. The van der Waals surface area contributed by atoms with E-state index in [1.165, 1.54) is 17.6 Å². The first-order valence-electron chi connectivity index (χ1n) is 7.68. The molecular weight excluding hydrogens is 321 g/mol. The first kappa shape index (κ1) is 16.5. The van der Waals surface area contributed by atoms with Gasteiger partial charge in [0.05, 0.1) is 17.2 Å². The minimum atomic E-state index is -4.28. The van der Waals surface area contributed by atoms with E-state index in [1.807, 2.05) is 13.0 Å². The summed E-state index contributed by atoms with van der Waals surface area (Å²) in [6, 6.07) is 5.27. The smallest absolute Gasteiger partial charge is 0.338 e. The van der Waals surface area contributed by atoms with Gasteiger partial charge in [-0.15, -0.1) is 10.2 Å². The largest absolute Gasteiger partial charge is 0.393 e. The molecule has 0 bridgehead atoms. The number of carbonyl (C=O) groups excluding carboxylic acids is 1. The van der Waals surface area contributed by atoms with Crippen LogP contribution in [-0.2, 0) is 0 Å². The van der Waals surface area contributed by atoms with Gasteiger partial charge in [-0.1, -0.05) is 11.6 Å². The lowest BCUT2D eigenvalue weighted by Crippen LogP contribution is -2.44. The lowest BCUT2D eigenvalue weighted by atomic mass is 9.96. The fourth-order valence-electron chi connectivity index (χ4n) is 2.97. The summed E-state index contributed by atoms with van der Waals surface area (Å²) in [5, 5.41) is 7.44. The minimum Gasteiger partial charge on any atom is -0.338 e. The molecule has 1 aromatic heterocycles. The molecule has 0 spiro atoms. The average Bonchev–Trinajstić information content (AvgIpc) is 3.07. The summed E-state index contributed by atoms with van der Waals surface area (Å²) in [4.78, 5) is 14.1. The van der Waals surface area contributed by atoms with E-state index < -0.39 is 18.0 Å². The minimum absolute atomic E-state index is 0.0688. The van der Waals surface area contributed by atoms with Crippen LogP contribution in [0.25, 0.3) is 5.69 Å². The number of hydrogen-bond acceptors (Lipinski definition) is 3. The summed E-state index contributed by atoms with van der Waals surface area (Å²) < 4.78 is 40.5. The Bertz CT molecular complexity index is 727. The molecule has 2 aromatic rings. The van der Waals surface area contributed by atoms with Crippen molar-refractivity contribution in [2.24, 2.45) is 5.92 Å². The third kappa shape index (κ3) is 3.27. The summed E-state index contributed by atoms with van der Waals surface area (Å²) in [7, 11) is 0. The molecule has 1 aliphatic rings. The van der Waals surface area contributed by atoms with Gasteiger partial charge in [0.15, 0.2) is 0 Å². The molecule has 2 heterocycles. The van der Waals surface area contributed by atoms with Gasteiger partial charge < -0.3 is 4.90 Å². The van der Waals surface area contributed by atoms with Crippen molar-refractivity contribution in [2.45, 2.75) is 25.9 Å². The number of benzene rings is 1. The number of halogens is 3. The Balaban J connectivity index is 1.91. The number of aryl methyl sites for hydroxylation is 1. The van der Waals surface area contributed by atoms with Crippen LogP contribution in [0.4, 0.5) is 13.2 Å². The zero-order valence-electron chi connectivity index (χ0n) is 13.1. The van der Waals surface area contributed by atoms with Crippen molar-refractivity contribution in [3.63, 3.8) is 0 Å². The quantitative estimate of drug-likeness (QED) is 0.846. The second-order valence-corrected chi connectivity index (χ2v) is 6.02. The molecule has 24 heavy (non-hydrogen) atoms. The molecule has 5 nitrogen and oxygen atoms in total. The van der Waals surface area contributed by atoms with Crippen molar-refractivity contribution in [1.82, 2.24) is 19.7 Å². The Hall–Kier alpha value is -2.38. The fraction of sp³-hybridized carbons (Fsp3) is 0.438. The molecule has 0 saturated carbocycles. The highest BCUT2D eigenvalue weighted by molar-refractivity contribution is 5.98. The normalized spacial score (nSPS) is 18.7. The molecule has 3 rings (SSSR count). The molecule has 1 fully saturated rings.